The minimum absolute atomic E-state index is 0.00613. The van der Waals surface area contributed by atoms with Crippen LogP contribution in [0.5, 0.6) is 0 Å². The van der Waals surface area contributed by atoms with Gasteiger partial charge in [-0.2, -0.15) is 18.3 Å². The number of hydrogen-bond donors (Lipinski definition) is 1. The molecule has 0 fully saturated rings. The number of nitrogens with zero attached hydrogens (tertiary/aromatic N) is 4. The van der Waals surface area contributed by atoms with Crippen LogP contribution < -0.4 is 5.32 Å². The summed E-state index contributed by atoms with van der Waals surface area (Å²) in [6.45, 7) is 0.0347. The zero-order chi connectivity index (χ0) is 16.4. The summed E-state index contributed by atoms with van der Waals surface area (Å²) in [7, 11) is 0. The fourth-order valence-corrected chi connectivity index (χ4v) is 2.69. The Bertz CT molecular complexity index is 691. The van der Waals surface area contributed by atoms with Gasteiger partial charge in [-0.25, -0.2) is 4.98 Å². The molecule has 1 aliphatic rings. The molecule has 0 saturated carbocycles. The van der Waals surface area contributed by atoms with Crippen molar-refractivity contribution in [2.75, 3.05) is 6.54 Å². The number of halogens is 3. The van der Waals surface area contributed by atoms with Crippen LogP contribution in [0.2, 0.25) is 0 Å². The zero-order valence-electron chi connectivity index (χ0n) is 12.3. The lowest BCUT2D eigenvalue weighted by Gasteiger charge is -2.23. The van der Waals surface area contributed by atoms with Crippen LogP contribution in [-0.4, -0.2) is 38.0 Å². The van der Waals surface area contributed by atoms with Gasteiger partial charge in [-0.3, -0.25) is 9.48 Å². The van der Waals surface area contributed by atoms with Crippen molar-refractivity contribution < 1.29 is 18.0 Å². The van der Waals surface area contributed by atoms with Gasteiger partial charge in [0.15, 0.2) is 0 Å². The summed E-state index contributed by atoms with van der Waals surface area (Å²) in [4.78, 5) is 16.2. The molecule has 124 valence electrons. The molecule has 0 radical (unpaired) electrons. The highest BCUT2D eigenvalue weighted by Gasteiger charge is 2.28. The Kier molecular flexibility index (Phi) is 4.10. The summed E-state index contributed by atoms with van der Waals surface area (Å²) < 4.78 is 39.6. The Labute approximate surface area is 130 Å². The summed E-state index contributed by atoms with van der Waals surface area (Å²) in [5.74, 6) is 0.860. The number of aryl methyl sites for hydroxylation is 1. The highest BCUT2D eigenvalue weighted by atomic mass is 19.4. The minimum atomic E-state index is -4.36. The summed E-state index contributed by atoms with van der Waals surface area (Å²) in [6, 6.07) is 1.29. The van der Waals surface area contributed by atoms with E-state index in [2.05, 4.69) is 20.0 Å². The molecule has 9 heteroatoms. The molecule has 0 aromatic carbocycles. The third-order valence-electron chi connectivity index (χ3n) is 3.80. The van der Waals surface area contributed by atoms with Gasteiger partial charge in [-0.1, -0.05) is 0 Å². The Morgan fingerprint density at radius 1 is 1.39 bits per heavy atom. The zero-order valence-corrected chi connectivity index (χ0v) is 12.3. The quantitative estimate of drug-likeness (QED) is 0.928. The highest BCUT2D eigenvalue weighted by molar-refractivity contribution is 5.92. The maximum Gasteiger partial charge on any atom is 0.408 e. The first-order chi connectivity index (χ1) is 10.9. The summed E-state index contributed by atoms with van der Waals surface area (Å²) in [5.41, 5.74) is -0.00613. The van der Waals surface area contributed by atoms with E-state index in [1.807, 2.05) is 6.20 Å². The molecular formula is C14H16F3N5O. The van der Waals surface area contributed by atoms with Gasteiger partial charge in [-0.05, 0) is 18.4 Å². The van der Waals surface area contributed by atoms with E-state index >= 15 is 0 Å². The number of carbonyl (C=O) groups excluding carboxylic acids is 1. The normalized spacial score (nSPS) is 17.8. The molecule has 0 spiro atoms. The first-order valence-electron chi connectivity index (χ1n) is 7.29. The molecule has 1 aliphatic heterocycles. The molecule has 0 saturated heterocycles. The lowest BCUT2D eigenvalue weighted by atomic mass is 9.99. The van der Waals surface area contributed by atoms with E-state index in [0.717, 1.165) is 31.4 Å². The fourth-order valence-electron chi connectivity index (χ4n) is 2.69. The van der Waals surface area contributed by atoms with Gasteiger partial charge in [0.2, 0.25) is 0 Å². The number of amides is 1. The van der Waals surface area contributed by atoms with Gasteiger partial charge < -0.3 is 9.88 Å². The number of carbonyl (C=O) groups is 1. The van der Waals surface area contributed by atoms with E-state index in [1.54, 1.807) is 6.20 Å². The number of rotatable bonds is 4. The second kappa shape index (κ2) is 6.05. The Balaban J connectivity index is 1.52. The van der Waals surface area contributed by atoms with Crippen LogP contribution in [0.1, 0.15) is 22.7 Å². The van der Waals surface area contributed by atoms with Gasteiger partial charge in [0.05, 0.1) is 0 Å². The Morgan fingerprint density at radius 3 is 3.00 bits per heavy atom. The largest absolute Gasteiger partial charge is 0.408 e. The monoisotopic (exact) mass is 327 g/mol. The van der Waals surface area contributed by atoms with Crippen molar-refractivity contribution in [1.29, 1.82) is 0 Å². The van der Waals surface area contributed by atoms with Crippen molar-refractivity contribution in [2.45, 2.75) is 32.1 Å². The molecule has 1 amide bonds. The molecule has 1 unspecified atom stereocenters. The first-order valence-corrected chi connectivity index (χ1v) is 7.29. The Morgan fingerprint density at radius 2 is 2.22 bits per heavy atom. The van der Waals surface area contributed by atoms with Crippen molar-refractivity contribution in [3.05, 3.63) is 36.2 Å². The lowest BCUT2D eigenvalue weighted by Crippen LogP contribution is -2.34. The average molecular weight is 327 g/mol. The minimum Gasteiger partial charge on any atom is -0.350 e. The van der Waals surface area contributed by atoms with Gasteiger partial charge in [0.25, 0.3) is 5.91 Å². The van der Waals surface area contributed by atoms with Crippen LogP contribution in [0.4, 0.5) is 13.2 Å². The summed E-state index contributed by atoms with van der Waals surface area (Å²) in [6.07, 6.45) is 2.23. The lowest BCUT2D eigenvalue weighted by molar-refractivity contribution is -0.142. The van der Waals surface area contributed by atoms with Crippen LogP contribution in [0.25, 0.3) is 0 Å². The average Bonchev–Trinajstić information content (AvgIpc) is 3.11. The maximum atomic E-state index is 12.3. The van der Waals surface area contributed by atoms with Crippen molar-refractivity contribution >= 4 is 5.91 Å². The SMILES string of the molecule is O=C(NCC1CCc2nccn2C1)c1ccn(CC(F)(F)F)n1. The van der Waals surface area contributed by atoms with Crippen molar-refractivity contribution in [1.82, 2.24) is 24.6 Å². The molecular weight excluding hydrogens is 311 g/mol. The van der Waals surface area contributed by atoms with Gasteiger partial charge in [-0.15, -0.1) is 0 Å². The highest BCUT2D eigenvalue weighted by Crippen LogP contribution is 2.18. The number of nitrogens with one attached hydrogen (secondary N) is 1. The van der Waals surface area contributed by atoms with E-state index in [1.165, 1.54) is 6.07 Å². The van der Waals surface area contributed by atoms with Crippen LogP contribution in [0.3, 0.4) is 0 Å². The first kappa shape index (κ1) is 15.6. The predicted octanol–water partition coefficient (Wildman–Crippen LogP) is 1.63. The maximum absolute atomic E-state index is 12.3. The second-order valence-electron chi connectivity index (χ2n) is 5.62. The molecule has 3 rings (SSSR count). The topological polar surface area (TPSA) is 64.7 Å². The third-order valence-corrected chi connectivity index (χ3v) is 3.80. The Hall–Kier alpha value is -2.32. The molecule has 0 bridgehead atoms. The molecule has 3 heterocycles. The van der Waals surface area contributed by atoms with Gasteiger partial charge in [0.1, 0.15) is 18.1 Å². The smallest absolute Gasteiger partial charge is 0.350 e. The number of fused-ring (bicyclic) bond motifs is 1. The summed E-state index contributed by atoms with van der Waals surface area (Å²) in [5, 5.41) is 6.39. The van der Waals surface area contributed by atoms with Gasteiger partial charge >= 0.3 is 6.18 Å². The van der Waals surface area contributed by atoms with E-state index in [4.69, 9.17) is 0 Å². The molecule has 2 aromatic heterocycles. The molecule has 2 aromatic rings. The molecule has 23 heavy (non-hydrogen) atoms. The van der Waals surface area contributed by atoms with E-state index in [9.17, 15) is 18.0 Å². The summed E-state index contributed by atoms with van der Waals surface area (Å²) >= 11 is 0. The predicted molar refractivity (Wildman–Crippen MR) is 74.7 cm³/mol. The number of aromatic nitrogens is 4. The number of imidazole rings is 1. The van der Waals surface area contributed by atoms with E-state index in [-0.39, 0.29) is 11.6 Å². The van der Waals surface area contributed by atoms with Gasteiger partial charge in [0, 0.05) is 38.1 Å². The van der Waals surface area contributed by atoms with Crippen molar-refractivity contribution in [3.63, 3.8) is 0 Å². The molecule has 1 N–H and O–H groups in total. The number of alkyl halides is 3. The van der Waals surface area contributed by atoms with Crippen LogP contribution >= 0.6 is 0 Å². The van der Waals surface area contributed by atoms with Crippen molar-refractivity contribution in [3.8, 4) is 0 Å². The third kappa shape index (κ3) is 3.91. The molecule has 6 nitrogen and oxygen atoms in total. The molecule has 1 atom stereocenters. The van der Waals surface area contributed by atoms with E-state index in [0.29, 0.717) is 11.2 Å². The van der Waals surface area contributed by atoms with Crippen LogP contribution in [0, 0.1) is 5.92 Å². The van der Waals surface area contributed by atoms with Crippen LogP contribution in [0.15, 0.2) is 24.7 Å². The standard InChI is InChI=1S/C14H16F3N5O/c15-14(16,17)9-22-5-3-11(20-22)13(23)19-7-10-1-2-12-18-4-6-21(12)8-10/h3-6,10H,1-2,7-9H2,(H,19,23). The van der Waals surface area contributed by atoms with E-state index < -0.39 is 18.6 Å². The van der Waals surface area contributed by atoms with Crippen LogP contribution in [-0.2, 0) is 19.5 Å². The van der Waals surface area contributed by atoms with Crippen molar-refractivity contribution in [2.24, 2.45) is 5.92 Å². The number of hydrogen-bond acceptors (Lipinski definition) is 3. The second-order valence-corrected chi connectivity index (χ2v) is 5.62. The molecule has 0 aliphatic carbocycles. The fraction of sp³-hybridized carbons (Fsp3) is 0.500.